The third-order valence-electron chi connectivity index (χ3n) is 1.25. The van der Waals surface area contributed by atoms with Crippen molar-refractivity contribution in [3.8, 4) is 0 Å². The SMILES string of the molecule is Nc1nc(Cl)c(CC(=O)O)c(Cl)n1. The lowest BCUT2D eigenvalue weighted by atomic mass is 10.2. The Labute approximate surface area is 83.5 Å². The maximum absolute atomic E-state index is 10.4. The maximum Gasteiger partial charge on any atom is 0.308 e. The lowest BCUT2D eigenvalue weighted by molar-refractivity contribution is -0.136. The number of hydrogen-bond acceptors (Lipinski definition) is 4. The van der Waals surface area contributed by atoms with Gasteiger partial charge >= 0.3 is 5.97 Å². The van der Waals surface area contributed by atoms with Gasteiger partial charge in [-0.3, -0.25) is 4.79 Å². The second-order valence-electron chi connectivity index (χ2n) is 2.21. The van der Waals surface area contributed by atoms with Crippen LogP contribution < -0.4 is 5.73 Å². The predicted octanol–water partition coefficient (Wildman–Crippen LogP) is 0.993. The summed E-state index contributed by atoms with van der Waals surface area (Å²) in [5.74, 6) is -1.14. The molecule has 13 heavy (non-hydrogen) atoms. The van der Waals surface area contributed by atoms with E-state index in [2.05, 4.69) is 9.97 Å². The van der Waals surface area contributed by atoms with Crippen LogP contribution in [0.5, 0.6) is 0 Å². The number of aliphatic carboxylic acids is 1. The Hall–Kier alpha value is -1.07. The van der Waals surface area contributed by atoms with E-state index in [1.54, 1.807) is 0 Å². The number of halogens is 2. The summed E-state index contributed by atoms with van der Waals surface area (Å²) in [6, 6.07) is 0. The first kappa shape index (κ1) is 10.0. The summed E-state index contributed by atoms with van der Waals surface area (Å²) in [6.07, 6.45) is -0.321. The van der Waals surface area contributed by atoms with Crippen LogP contribution in [0.3, 0.4) is 0 Å². The lowest BCUT2D eigenvalue weighted by Crippen LogP contribution is -2.05. The van der Waals surface area contributed by atoms with E-state index in [1.807, 2.05) is 0 Å². The van der Waals surface area contributed by atoms with Crippen molar-refractivity contribution >= 4 is 35.1 Å². The van der Waals surface area contributed by atoms with Crippen LogP contribution >= 0.6 is 23.2 Å². The van der Waals surface area contributed by atoms with Crippen molar-refractivity contribution in [2.24, 2.45) is 0 Å². The van der Waals surface area contributed by atoms with Gasteiger partial charge in [-0.05, 0) is 0 Å². The fourth-order valence-electron chi connectivity index (χ4n) is 0.743. The molecule has 1 rings (SSSR count). The fourth-order valence-corrected chi connectivity index (χ4v) is 1.28. The van der Waals surface area contributed by atoms with Crippen LogP contribution in [0, 0.1) is 0 Å². The van der Waals surface area contributed by atoms with E-state index in [-0.39, 0.29) is 28.2 Å². The van der Waals surface area contributed by atoms with Crippen LogP contribution in [0.4, 0.5) is 5.95 Å². The van der Waals surface area contributed by atoms with Gasteiger partial charge in [-0.1, -0.05) is 23.2 Å². The smallest absolute Gasteiger partial charge is 0.308 e. The molecular formula is C6H5Cl2N3O2. The number of anilines is 1. The molecule has 0 amide bonds. The first-order valence-corrected chi connectivity index (χ1v) is 3.95. The molecule has 0 aromatic carbocycles. The maximum atomic E-state index is 10.4. The number of hydrogen-bond donors (Lipinski definition) is 2. The van der Waals surface area contributed by atoms with Gasteiger partial charge in [0.25, 0.3) is 0 Å². The van der Waals surface area contributed by atoms with Crippen molar-refractivity contribution in [1.29, 1.82) is 0 Å². The Balaban J connectivity index is 3.13. The van der Waals surface area contributed by atoms with Crippen LogP contribution in [-0.4, -0.2) is 21.0 Å². The lowest BCUT2D eigenvalue weighted by Gasteiger charge is -2.02. The van der Waals surface area contributed by atoms with Crippen molar-refractivity contribution in [2.45, 2.75) is 6.42 Å². The van der Waals surface area contributed by atoms with Gasteiger partial charge in [-0.15, -0.1) is 0 Å². The Morgan fingerprint density at radius 1 is 1.38 bits per heavy atom. The highest BCUT2D eigenvalue weighted by Gasteiger charge is 2.13. The van der Waals surface area contributed by atoms with Gasteiger partial charge in [0.05, 0.1) is 6.42 Å². The van der Waals surface area contributed by atoms with Crippen molar-refractivity contribution in [3.63, 3.8) is 0 Å². The van der Waals surface area contributed by atoms with Gasteiger partial charge in [0.15, 0.2) is 0 Å². The Morgan fingerprint density at radius 2 is 1.85 bits per heavy atom. The van der Waals surface area contributed by atoms with Gasteiger partial charge in [0.1, 0.15) is 10.3 Å². The van der Waals surface area contributed by atoms with Crippen molar-refractivity contribution in [2.75, 3.05) is 5.73 Å². The molecule has 5 nitrogen and oxygen atoms in total. The second-order valence-corrected chi connectivity index (χ2v) is 2.93. The number of nitrogen functional groups attached to an aromatic ring is 1. The minimum Gasteiger partial charge on any atom is -0.481 e. The van der Waals surface area contributed by atoms with Crippen molar-refractivity contribution in [3.05, 3.63) is 15.9 Å². The molecule has 0 unspecified atom stereocenters. The monoisotopic (exact) mass is 221 g/mol. The average Bonchev–Trinajstić information content (AvgIpc) is 1.96. The summed E-state index contributed by atoms with van der Waals surface area (Å²) >= 11 is 11.2. The highest BCUT2D eigenvalue weighted by Crippen LogP contribution is 2.22. The predicted molar refractivity (Wildman–Crippen MR) is 47.8 cm³/mol. The summed E-state index contributed by atoms with van der Waals surface area (Å²) in [6.45, 7) is 0. The number of aromatic nitrogens is 2. The standard InChI is InChI=1S/C6H5Cl2N3O2/c7-4-2(1-3(12)13)5(8)11-6(9)10-4/h1H2,(H,12,13)(H2,9,10,11). The number of carboxylic acid groups (broad SMARTS) is 1. The fraction of sp³-hybridized carbons (Fsp3) is 0.167. The number of nitrogens with two attached hydrogens (primary N) is 1. The molecule has 1 aromatic rings. The first-order valence-electron chi connectivity index (χ1n) is 3.20. The molecule has 0 aliphatic heterocycles. The summed E-state index contributed by atoms with van der Waals surface area (Å²) < 4.78 is 0. The summed E-state index contributed by atoms with van der Waals surface area (Å²) in [4.78, 5) is 17.5. The molecular weight excluding hydrogens is 217 g/mol. The molecule has 3 N–H and O–H groups in total. The first-order chi connectivity index (χ1) is 6.00. The molecule has 70 valence electrons. The summed E-state index contributed by atoms with van der Waals surface area (Å²) in [5, 5.41) is 8.43. The van der Waals surface area contributed by atoms with E-state index in [0.717, 1.165) is 0 Å². The van der Waals surface area contributed by atoms with Gasteiger partial charge in [-0.25, -0.2) is 9.97 Å². The molecule has 0 fully saturated rings. The zero-order valence-corrected chi connectivity index (χ0v) is 7.80. The Morgan fingerprint density at radius 3 is 2.23 bits per heavy atom. The zero-order valence-electron chi connectivity index (χ0n) is 6.29. The van der Waals surface area contributed by atoms with E-state index in [1.165, 1.54) is 0 Å². The van der Waals surface area contributed by atoms with Crippen molar-refractivity contribution in [1.82, 2.24) is 9.97 Å². The van der Waals surface area contributed by atoms with Crippen LogP contribution in [0.1, 0.15) is 5.56 Å². The third-order valence-corrected chi connectivity index (χ3v) is 1.88. The minimum atomic E-state index is -1.06. The number of nitrogens with zero attached hydrogens (tertiary/aromatic N) is 2. The molecule has 0 saturated carbocycles. The average molecular weight is 222 g/mol. The van der Waals surface area contributed by atoms with Crippen LogP contribution in [0.2, 0.25) is 10.3 Å². The number of rotatable bonds is 2. The van der Waals surface area contributed by atoms with E-state index in [4.69, 9.17) is 34.0 Å². The van der Waals surface area contributed by atoms with Crippen LogP contribution in [0.25, 0.3) is 0 Å². The van der Waals surface area contributed by atoms with E-state index >= 15 is 0 Å². The van der Waals surface area contributed by atoms with Gasteiger partial charge in [0, 0.05) is 5.56 Å². The number of carbonyl (C=O) groups is 1. The second kappa shape index (κ2) is 3.76. The minimum absolute atomic E-state index is 0.0279. The third kappa shape index (κ3) is 2.43. The van der Waals surface area contributed by atoms with Crippen LogP contribution in [-0.2, 0) is 11.2 Å². The quantitative estimate of drug-likeness (QED) is 0.728. The topological polar surface area (TPSA) is 89.1 Å². The normalized spacial score (nSPS) is 10.0. The van der Waals surface area contributed by atoms with Gasteiger partial charge in [0.2, 0.25) is 5.95 Å². The number of carboxylic acids is 1. The summed E-state index contributed by atoms with van der Waals surface area (Å²) in [7, 11) is 0. The molecule has 0 atom stereocenters. The van der Waals surface area contributed by atoms with E-state index < -0.39 is 5.97 Å². The van der Waals surface area contributed by atoms with E-state index in [9.17, 15) is 4.79 Å². The summed E-state index contributed by atoms with van der Waals surface area (Å²) in [5.41, 5.74) is 5.39. The molecule has 0 aliphatic rings. The highest BCUT2D eigenvalue weighted by molar-refractivity contribution is 6.34. The molecule has 0 bridgehead atoms. The molecule has 1 aromatic heterocycles. The van der Waals surface area contributed by atoms with Gasteiger partial charge < -0.3 is 10.8 Å². The zero-order chi connectivity index (χ0) is 10.0. The van der Waals surface area contributed by atoms with E-state index in [0.29, 0.717) is 0 Å². The molecule has 0 spiro atoms. The van der Waals surface area contributed by atoms with Gasteiger partial charge in [-0.2, -0.15) is 0 Å². The molecule has 0 saturated heterocycles. The molecule has 7 heteroatoms. The molecule has 0 aliphatic carbocycles. The molecule has 1 heterocycles. The molecule has 0 radical (unpaired) electrons. The highest BCUT2D eigenvalue weighted by atomic mass is 35.5. The largest absolute Gasteiger partial charge is 0.481 e. The van der Waals surface area contributed by atoms with Crippen LogP contribution in [0.15, 0.2) is 0 Å². The Bertz CT molecular complexity index is 333. The Kier molecular flexibility index (Phi) is 2.90. The van der Waals surface area contributed by atoms with Crippen molar-refractivity contribution < 1.29 is 9.90 Å².